The van der Waals surface area contributed by atoms with Gasteiger partial charge >= 0.3 is 0 Å². The Hall–Kier alpha value is -2.91. The average Bonchev–Trinajstić information content (AvgIpc) is 2.73. The minimum absolute atomic E-state index is 0.487. The van der Waals surface area contributed by atoms with Crippen molar-refractivity contribution in [2.45, 2.75) is 23.5 Å². The van der Waals surface area contributed by atoms with E-state index >= 15 is 0 Å². The van der Waals surface area contributed by atoms with Crippen molar-refractivity contribution in [1.82, 2.24) is 0 Å². The molecule has 0 fully saturated rings. The predicted molar refractivity (Wildman–Crippen MR) is 115 cm³/mol. The van der Waals surface area contributed by atoms with Crippen molar-refractivity contribution in [3.8, 4) is 22.3 Å². The third-order valence-electron chi connectivity index (χ3n) is 5.84. The molecule has 2 nitrogen and oxygen atoms in total. The molecule has 3 heteroatoms. The van der Waals surface area contributed by atoms with Crippen LogP contribution in [0.1, 0.15) is 19.4 Å². The van der Waals surface area contributed by atoms with Crippen LogP contribution in [0, 0.1) is 0 Å². The molecule has 0 aliphatic carbocycles. The van der Waals surface area contributed by atoms with Gasteiger partial charge in [0.15, 0.2) is 9.84 Å². The lowest BCUT2D eigenvalue weighted by Crippen LogP contribution is -2.41. The summed E-state index contributed by atoms with van der Waals surface area (Å²) in [5, 5.41) is 2.07. The van der Waals surface area contributed by atoms with Crippen LogP contribution >= 0.6 is 0 Å². The van der Waals surface area contributed by atoms with Gasteiger partial charge in [0.1, 0.15) is 0 Å². The summed E-state index contributed by atoms with van der Waals surface area (Å²) < 4.78 is 25.9. The Balaban J connectivity index is 2.05. The van der Waals surface area contributed by atoms with Crippen LogP contribution in [0.3, 0.4) is 0 Å². The minimum atomic E-state index is -3.42. The minimum Gasteiger partial charge on any atom is -0.223 e. The molecule has 4 aromatic rings. The predicted octanol–water partition coefficient (Wildman–Crippen LogP) is 6.20. The van der Waals surface area contributed by atoms with Crippen LogP contribution in [0.5, 0.6) is 0 Å². The smallest absolute Gasteiger partial charge is 0.188 e. The third kappa shape index (κ3) is 2.11. The van der Waals surface area contributed by atoms with Gasteiger partial charge in [0.05, 0.1) is 9.64 Å². The summed E-state index contributed by atoms with van der Waals surface area (Å²) in [5.41, 5.74) is 4.78. The van der Waals surface area contributed by atoms with E-state index in [1.807, 2.05) is 80.6 Å². The highest BCUT2D eigenvalue weighted by atomic mass is 32.2. The van der Waals surface area contributed by atoms with E-state index in [0.717, 1.165) is 38.6 Å². The SMILES string of the molecule is CC1(C)c2c(c(-c3ccccc3)c3ccccc3c2-c2ccccc2)S1(=O)=O. The Kier molecular flexibility index (Phi) is 3.56. The summed E-state index contributed by atoms with van der Waals surface area (Å²) in [7, 11) is -3.42. The molecule has 0 radical (unpaired) electrons. The monoisotopic (exact) mass is 384 g/mol. The van der Waals surface area contributed by atoms with Crippen LogP contribution in [-0.2, 0) is 14.6 Å². The van der Waals surface area contributed by atoms with Gasteiger partial charge in [0.25, 0.3) is 0 Å². The number of sulfone groups is 1. The van der Waals surface area contributed by atoms with Gasteiger partial charge in [0, 0.05) is 11.1 Å². The van der Waals surface area contributed by atoms with Crippen LogP contribution in [0.15, 0.2) is 89.8 Å². The van der Waals surface area contributed by atoms with Crippen molar-refractivity contribution in [2.75, 3.05) is 0 Å². The summed E-state index contributed by atoms with van der Waals surface area (Å²) >= 11 is 0. The van der Waals surface area contributed by atoms with E-state index < -0.39 is 14.6 Å². The van der Waals surface area contributed by atoms with Crippen molar-refractivity contribution in [2.24, 2.45) is 0 Å². The molecule has 5 rings (SSSR count). The molecule has 0 saturated heterocycles. The van der Waals surface area contributed by atoms with E-state index in [2.05, 4.69) is 18.2 Å². The highest BCUT2D eigenvalue weighted by Crippen LogP contribution is 2.58. The number of rotatable bonds is 2. The Morgan fingerprint density at radius 2 is 1.04 bits per heavy atom. The molecular formula is C25H20O2S. The Labute approximate surface area is 165 Å². The summed E-state index contributed by atoms with van der Waals surface area (Å²) in [6, 6.07) is 28.1. The molecule has 1 aliphatic heterocycles. The van der Waals surface area contributed by atoms with Crippen LogP contribution in [0.25, 0.3) is 33.0 Å². The summed E-state index contributed by atoms with van der Waals surface area (Å²) in [6.07, 6.45) is 0. The van der Waals surface area contributed by atoms with E-state index in [-0.39, 0.29) is 0 Å². The molecule has 28 heavy (non-hydrogen) atoms. The molecule has 0 amide bonds. The van der Waals surface area contributed by atoms with Crippen molar-refractivity contribution in [1.29, 1.82) is 0 Å². The second-order valence-corrected chi connectivity index (χ2v) is 10.2. The van der Waals surface area contributed by atoms with Gasteiger partial charge in [-0.2, -0.15) is 0 Å². The van der Waals surface area contributed by atoms with E-state index in [0.29, 0.717) is 4.90 Å². The largest absolute Gasteiger partial charge is 0.223 e. The number of benzene rings is 4. The molecule has 1 aliphatic rings. The number of fused-ring (bicyclic) bond motifs is 2. The first-order valence-corrected chi connectivity index (χ1v) is 10.9. The molecule has 0 spiro atoms. The molecule has 0 aromatic heterocycles. The molecule has 4 aromatic carbocycles. The van der Waals surface area contributed by atoms with Gasteiger partial charge in [-0.25, -0.2) is 8.42 Å². The first-order valence-electron chi connectivity index (χ1n) is 9.39. The van der Waals surface area contributed by atoms with Gasteiger partial charge in [-0.15, -0.1) is 0 Å². The second-order valence-electron chi connectivity index (χ2n) is 7.75. The highest BCUT2D eigenvalue weighted by molar-refractivity contribution is 7.94. The van der Waals surface area contributed by atoms with Crippen molar-refractivity contribution >= 4 is 20.6 Å². The average molecular weight is 385 g/mol. The standard InChI is InChI=1S/C25H20O2S/c1-25(2)23-21(17-11-5-3-6-12-17)19-15-9-10-16-20(19)22(24(23)28(25,26)27)18-13-7-4-8-14-18/h3-16H,1-2H3. The molecule has 0 saturated carbocycles. The van der Waals surface area contributed by atoms with Gasteiger partial charge < -0.3 is 0 Å². The maximum atomic E-state index is 13.4. The van der Waals surface area contributed by atoms with Gasteiger partial charge in [-0.3, -0.25) is 0 Å². The quantitative estimate of drug-likeness (QED) is 0.412. The first kappa shape index (κ1) is 17.2. The first-order chi connectivity index (χ1) is 13.4. The van der Waals surface area contributed by atoms with Gasteiger partial charge in [0.2, 0.25) is 0 Å². The maximum Gasteiger partial charge on any atom is 0.188 e. The topological polar surface area (TPSA) is 34.1 Å². The number of hydrogen-bond acceptors (Lipinski definition) is 2. The van der Waals surface area contributed by atoms with Crippen LogP contribution in [-0.4, -0.2) is 8.42 Å². The normalized spacial score (nSPS) is 16.4. The van der Waals surface area contributed by atoms with E-state index in [1.54, 1.807) is 0 Å². The molecule has 0 atom stereocenters. The van der Waals surface area contributed by atoms with E-state index in [1.165, 1.54) is 0 Å². The zero-order valence-corrected chi connectivity index (χ0v) is 16.6. The molecule has 138 valence electrons. The fraction of sp³-hybridized carbons (Fsp3) is 0.120. The fourth-order valence-electron chi connectivity index (χ4n) is 4.40. The van der Waals surface area contributed by atoms with E-state index in [4.69, 9.17) is 0 Å². The van der Waals surface area contributed by atoms with Crippen molar-refractivity contribution in [3.05, 3.63) is 90.5 Å². The van der Waals surface area contributed by atoms with Crippen LogP contribution in [0.2, 0.25) is 0 Å². The van der Waals surface area contributed by atoms with Crippen molar-refractivity contribution in [3.63, 3.8) is 0 Å². The lowest BCUT2D eigenvalue weighted by molar-refractivity contribution is 0.528. The molecule has 0 unspecified atom stereocenters. The Morgan fingerprint density at radius 3 is 1.57 bits per heavy atom. The Morgan fingerprint density at radius 1 is 0.607 bits per heavy atom. The molecule has 1 heterocycles. The lowest BCUT2D eigenvalue weighted by atomic mass is 9.83. The lowest BCUT2D eigenvalue weighted by Gasteiger charge is -2.41. The molecule has 0 N–H and O–H groups in total. The van der Waals surface area contributed by atoms with E-state index in [9.17, 15) is 8.42 Å². The zero-order valence-electron chi connectivity index (χ0n) is 15.8. The molecule has 0 bridgehead atoms. The molecular weight excluding hydrogens is 364 g/mol. The summed E-state index contributed by atoms with van der Waals surface area (Å²) in [5.74, 6) is 0. The second kappa shape index (κ2) is 5.79. The van der Waals surface area contributed by atoms with Crippen molar-refractivity contribution < 1.29 is 8.42 Å². The highest BCUT2D eigenvalue weighted by Gasteiger charge is 2.54. The van der Waals surface area contributed by atoms with Gasteiger partial charge in [-0.05, 0) is 41.3 Å². The summed E-state index contributed by atoms with van der Waals surface area (Å²) in [6.45, 7) is 3.64. The van der Waals surface area contributed by atoms with Gasteiger partial charge in [-0.1, -0.05) is 84.9 Å². The fourth-order valence-corrected chi connectivity index (χ4v) is 6.35. The maximum absolute atomic E-state index is 13.4. The van der Waals surface area contributed by atoms with Crippen LogP contribution < -0.4 is 0 Å². The Bertz CT molecular complexity index is 1320. The van der Waals surface area contributed by atoms with Crippen LogP contribution in [0.4, 0.5) is 0 Å². The third-order valence-corrected chi connectivity index (χ3v) is 8.33. The number of hydrogen-bond donors (Lipinski definition) is 0. The zero-order chi connectivity index (χ0) is 19.5. The summed E-state index contributed by atoms with van der Waals surface area (Å²) in [4.78, 5) is 0.487.